The van der Waals surface area contributed by atoms with Crippen LogP contribution in [0.5, 0.6) is 5.75 Å². The first-order chi connectivity index (χ1) is 12.9. The Bertz CT molecular complexity index is 914. The second-order valence-corrected chi connectivity index (χ2v) is 6.57. The van der Waals surface area contributed by atoms with Gasteiger partial charge in [-0.2, -0.15) is 4.98 Å². The Morgan fingerprint density at radius 3 is 2.44 bits per heavy atom. The molecule has 2 heterocycles. The summed E-state index contributed by atoms with van der Waals surface area (Å²) in [7, 11) is 1.99. The van der Waals surface area contributed by atoms with E-state index in [1.165, 1.54) is 6.92 Å². The number of benzene rings is 1. The zero-order chi connectivity index (χ0) is 19.4. The van der Waals surface area contributed by atoms with E-state index >= 15 is 0 Å². The third-order valence-electron chi connectivity index (χ3n) is 4.03. The van der Waals surface area contributed by atoms with Gasteiger partial charge >= 0.3 is 5.97 Å². The molecule has 0 spiro atoms. The predicted octanol–water partition coefficient (Wildman–Crippen LogP) is 3.31. The zero-order valence-corrected chi connectivity index (χ0v) is 15.9. The third kappa shape index (κ3) is 4.77. The van der Waals surface area contributed by atoms with Crippen LogP contribution in [-0.2, 0) is 17.9 Å². The number of aromatic nitrogens is 3. The topological polar surface area (TPSA) is 81.4 Å². The molecule has 0 aliphatic heterocycles. The number of ether oxygens (including phenoxy) is 1. The van der Waals surface area contributed by atoms with Gasteiger partial charge in [-0.25, -0.2) is 0 Å². The Labute approximate surface area is 158 Å². The fraction of sp³-hybridized carbons (Fsp3) is 0.300. The van der Waals surface area contributed by atoms with Crippen molar-refractivity contribution in [3.05, 3.63) is 59.2 Å². The van der Waals surface area contributed by atoms with E-state index in [1.807, 2.05) is 45.2 Å². The van der Waals surface area contributed by atoms with Gasteiger partial charge in [-0.05, 0) is 49.7 Å². The van der Waals surface area contributed by atoms with E-state index in [2.05, 4.69) is 20.0 Å². The quantitative estimate of drug-likeness (QED) is 0.489. The third-order valence-corrected chi connectivity index (χ3v) is 4.03. The highest BCUT2D eigenvalue weighted by Gasteiger charge is 2.13. The van der Waals surface area contributed by atoms with Crippen LogP contribution >= 0.6 is 0 Å². The molecule has 3 rings (SSSR count). The van der Waals surface area contributed by atoms with E-state index in [0.717, 1.165) is 22.3 Å². The molecule has 0 amide bonds. The van der Waals surface area contributed by atoms with E-state index in [1.54, 1.807) is 12.4 Å². The standard InChI is InChI=1S/C20H22N4O3/c1-13-9-16(10-14(2)19(13)26-15(3)25)11-24(4)12-18-22-20(23-27-18)17-5-7-21-8-6-17/h5-10H,11-12H2,1-4H3. The largest absolute Gasteiger partial charge is 0.426 e. The summed E-state index contributed by atoms with van der Waals surface area (Å²) in [6.45, 7) is 6.52. The van der Waals surface area contributed by atoms with Crippen LogP contribution in [0, 0.1) is 13.8 Å². The fourth-order valence-corrected chi connectivity index (χ4v) is 2.97. The number of esters is 1. The number of hydrogen-bond donors (Lipinski definition) is 0. The molecule has 0 aliphatic rings. The minimum atomic E-state index is -0.313. The lowest BCUT2D eigenvalue weighted by Crippen LogP contribution is -2.18. The summed E-state index contributed by atoms with van der Waals surface area (Å²) >= 11 is 0. The highest BCUT2D eigenvalue weighted by Crippen LogP contribution is 2.26. The smallest absolute Gasteiger partial charge is 0.308 e. The molecule has 0 fully saturated rings. The molecular weight excluding hydrogens is 344 g/mol. The molecule has 0 N–H and O–H groups in total. The predicted molar refractivity (Wildman–Crippen MR) is 99.9 cm³/mol. The SMILES string of the molecule is CC(=O)Oc1c(C)cc(CN(C)Cc2nc(-c3ccncc3)no2)cc1C. The number of aryl methyl sites for hydroxylation is 2. The van der Waals surface area contributed by atoms with Crippen molar-refractivity contribution in [2.75, 3.05) is 7.05 Å². The maximum Gasteiger partial charge on any atom is 0.308 e. The maximum absolute atomic E-state index is 11.2. The van der Waals surface area contributed by atoms with E-state index in [0.29, 0.717) is 30.6 Å². The van der Waals surface area contributed by atoms with Crippen molar-refractivity contribution in [2.24, 2.45) is 0 Å². The Kier molecular flexibility index (Phi) is 5.61. The van der Waals surface area contributed by atoms with Crippen LogP contribution in [-0.4, -0.2) is 33.0 Å². The first-order valence-electron chi connectivity index (χ1n) is 8.62. The summed E-state index contributed by atoms with van der Waals surface area (Å²) in [5, 5.41) is 4.02. The highest BCUT2D eigenvalue weighted by molar-refractivity contribution is 5.70. The summed E-state index contributed by atoms with van der Waals surface area (Å²) < 4.78 is 10.6. The molecule has 0 unspecified atom stereocenters. The number of carbonyl (C=O) groups is 1. The summed E-state index contributed by atoms with van der Waals surface area (Å²) in [6, 6.07) is 7.74. The van der Waals surface area contributed by atoms with Crippen LogP contribution in [0.25, 0.3) is 11.4 Å². The molecule has 140 valence electrons. The van der Waals surface area contributed by atoms with E-state index in [-0.39, 0.29) is 5.97 Å². The number of hydrogen-bond acceptors (Lipinski definition) is 7. The van der Waals surface area contributed by atoms with Crippen LogP contribution < -0.4 is 4.74 Å². The van der Waals surface area contributed by atoms with E-state index < -0.39 is 0 Å². The second-order valence-electron chi connectivity index (χ2n) is 6.57. The number of carbonyl (C=O) groups excluding carboxylic acids is 1. The summed E-state index contributed by atoms with van der Waals surface area (Å²) in [6.07, 6.45) is 3.39. The maximum atomic E-state index is 11.2. The lowest BCUT2D eigenvalue weighted by atomic mass is 10.1. The van der Waals surface area contributed by atoms with Gasteiger partial charge in [-0.3, -0.25) is 14.7 Å². The van der Waals surface area contributed by atoms with Crippen LogP contribution in [0.1, 0.15) is 29.5 Å². The molecule has 0 saturated heterocycles. The Morgan fingerprint density at radius 2 is 1.81 bits per heavy atom. The number of nitrogens with zero attached hydrogens (tertiary/aromatic N) is 4. The van der Waals surface area contributed by atoms with Gasteiger partial charge in [0.25, 0.3) is 0 Å². The molecule has 7 heteroatoms. The first kappa shape index (κ1) is 18.7. The molecule has 0 saturated carbocycles. The van der Waals surface area contributed by atoms with Crippen molar-refractivity contribution >= 4 is 5.97 Å². The molecule has 1 aromatic carbocycles. The van der Waals surface area contributed by atoms with Gasteiger partial charge < -0.3 is 9.26 Å². The summed E-state index contributed by atoms with van der Waals surface area (Å²) in [5.41, 5.74) is 3.87. The van der Waals surface area contributed by atoms with Crippen molar-refractivity contribution in [3.8, 4) is 17.1 Å². The zero-order valence-electron chi connectivity index (χ0n) is 15.9. The number of pyridine rings is 1. The second kappa shape index (κ2) is 8.09. The molecule has 3 aromatic rings. The minimum absolute atomic E-state index is 0.313. The molecule has 0 atom stereocenters. The Morgan fingerprint density at radius 1 is 1.15 bits per heavy atom. The normalized spacial score (nSPS) is 11.0. The average Bonchev–Trinajstić information content (AvgIpc) is 3.07. The van der Waals surface area contributed by atoms with Gasteiger partial charge in [-0.1, -0.05) is 17.3 Å². The molecule has 0 bridgehead atoms. The van der Waals surface area contributed by atoms with Crippen LogP contribution in [0.15, 0.2) is 41.2 Å². The number of rotatable bonds is 6. The first-order valence-corrected chi connectivity index (χ1v) is 8.62. The van der Waals surface area contributed by atoms with Gasteiger partial charge in [-0.15, -0.1) is 0 Å². The van der Waals surface area contributed by atoms with Crippen molar-refractivity contribution < 1.29 is 14.1 Å². The molecule has 2 aromatic heterocycles. The van der Waals surface area contributed by atoms with Crippen molar-refractivity contribution in [3.63, 3.8) is 0 Å². The van der Waals surface area contributed by atoms with Gasteiger partial charge in [0.2, 0.25) is 11.7 Å². The lowest BCUT2D eigenvalue weighted by molar-refractivity contribution is -0.131. The summed E-state index contributed by atoms with van der Waals surface area (Å²) in [4.78, 5) is 21.7. The van der Waals surface area contributed by atoms with E-state index in [4.69, 9.17) is 9.26 Å². The Balaban J connectivity index is 1.67. The average molecular weight is 366 g/mol. The Hall–Kier alpha value is -3.06. The molecular formula is C20H22N4O3. The van der Waals surface area contributed by atoms with Gasteiger partial charge in [0.15, 0.2) is 0 Å². The molecule has 7 nitrogen and oxygen atoms in total. The van der Waals surface area contributed by atoms with Gasteiger partial charge in [0, 0.05) is 31.4 Å². The summed E-state index contributed by atoms with van der Waals surface area (Å²) in [5.74, 6) is 1.42. The lowest BCUT2D eigenvalue weighted by Gasteiger charge is -2.17. The van der Waals surface area contributed by atoms with Gasteiger partial charge in [0.05, 0.1) is 6.54 Å². The minimum Gasteiger partial charge on any atom is -0.426 e. The van der Waals surface area contributed by atoms with Crippen LogP contribution in [0.3, 0.4) is 0 Å². The van der Waals surface area contributed by atoms with E-state index in [9.17, 15) is 4.79 Å². The molecule has 0 radical (unpaired) electrons. The van der Waals surface area contributed by atoms with Crippen LogP contribution in [0.2, 0.25) is 0 Å². The van der Waals surface area contributed by atoms with Crippen LogP contribution in [0.4, 0.5) is 0 Å². The molecule has 0 aliphatic carbocycles. The highest BCUT2D eigenvalue weighted by atomic mass is 16.5. The van der Waals surface area contributed by atoms with Crippen molar-refractivity contribution in [1.82, 2.24) is 20.0 Å². The fourth-order valence-electron chi connectivity index (χ4n) is 2.97. The monoisotopic (exact) mass is 366 g/mol. The van der Waals surface area contributed by atoms with Crippen molar-refractivity contribution in [1.29, 1.82) is 0 Å². The van der Waals surface area contributed by atoms with Gasteiger partial charge in [0.1, 0.15) is 5.75 Å². The molecule has 27 heavy (non-hydrogen) atoms. The van der Waals surface area contributed by atoms with Crippen molar-refractivity contribution in [2.45, 2.75) is 33.9 Å².